The molecule has 3 fully saturated rings. The number of carbonyl (C=O) groups excluding carboxylic acids is 2. The van der Waals surface area contributed by atoms with Gasteiger partial charge in [0.2, 0.25) is 5.91 Å². The number of carboxylic acid groups (broad SMARTS) is 1. The number of amides is 2. The summed E-state index contributed by atoms with van der Waals surface area (Å²) in [4.78, 5) is 40.7. The van der Waals surface area contributed by atoms with Gasteiger partial charge in [-0.3, -0.25) is 9.59 Å². The van der Waals surface area contributed by atoms with Gasteiger partial charge in [0, 0.05) is 25.6 Å². The van der Waals surface area contributed by atoms with Crippen molar-refractivity contribution in [1.82, 2.24) is 9.80 Å². The van der Waals surface area contributed by atoms with Gasteiger partial charge in [-0.15, -0.1) is 11.3 Å². The Kier molecular flexibility index (Phi) is 4.17. The number of hydrogen-bond acceptors (Lipinski definition) is 5. The molecule has 2 saturated heterocycles. The number of piperidine rings is 1. The monoisotopic (exact) mass is 377 g/mol. The minimum absolute atomic E-state index is 0.208. The molecular weight excluding hydrogens is 354 g/mol. The Balaban J connectivity index is 1.49. The van der Waals surface area contributed by atoms with E-state index in [-0.39, 0.29) is 23.1 Å². The fourth-order valence-corrected chi connectivity index (χ4v) is 5.04. The number of nitrogen functional groups attached to an aromatic ring is 1. The summed E-state index contributed by atoms with van der Waals surface area (Å²) in [6, 6.07) is 0.844. The number of anilines is 1. The van der Waals surface area contributed by atoms with Gasteiger partial charge in [0.05, 0.1) is 5.69 Å². The first-order chi connectivity index (χ1) is 12.4. The summed E-state index contributed by atoms with van der Waals surface area (Å²) in [5, 5.41) is 11.4. The average molecular weight is 377 g/mol. The van der Waals surface area contributed by atoms with E-state index in [4.69, 9.17) is 5.73 Å². The number of carbonyl (C=O) groups is 3. The summed E-state index contributed by atoms with van der Waals surface area (Å²) in [5.41, 5.74) is 6.04. The van der Waals surface area contributed by atoms with Gasteiger partial charge in [-0.25, -0.2) is 4.79 Å². The number of nitrogens with two attached hydrogens (primary N) is 1. The molecule has 2 amide bonds. The zero-order valence-electron chi connectivity index (χ0n) is 14.5. The summed E-state index contributed by atoms with van der Waals surface area (Å²) in [7, 11) is 0. The fourth-order valence-electron chi connectivity index (χ4n) is 4.27. The average Bonchev–Trinajstić information content (AvgIpc) is 3.28. The van der Waals surface area contributed by atoms with Gasteiger partial charge in [-0.1, -0.05) is 0 Å². The molecule has 1 aromatic rings. The number of aliphatic carboxylic acids is 1. The number of likely N-dealkylation sites (tertiary alicyclic amines) is 2. The lowest BCUT2D eigenvalue weighted by Gasteiger charge is -2.39. The standard InChI is InChI=1S/C18H23N3O4S/c19-12-3-8-26-14(12)16(23)21-10-18(9-13(21)17(24)25)4-6-20(7-5-18)15(22)11-1-2-11/h3,8,11,13H,1-2,4-7,9-10,19H2,(H,24,25)/t13-/m0/s1. The molecule has 0 unspecified atom stereocenters. The van der Waals surface area contributed by atoms with E-state index in [2.05, 4.69) is 0 Å². The summed E-state index contributed by atoms with van der Waals surface area (Å²) >= 11 is 1.25. The largest absolute Gasteiger partial charge is 0.480 e. The van der Waals surface area contributed by atoms with Crippen molar-refractivity contribution in [2.75, 3.05) is 25.4 Å². The van der Waals surface area contributed by atoms with Gasteiger partial charge in [-0.2, -0.15) is 0 Å². The highest BCUT2D eigenvalue weighted by molar-refractivity contribution is 7.12. The molecule has 8 heteroatoms. The molecule has 3 aliphatic rings. The van der Waals surface area contributed by atoms with Gasteiger partial charge in [-0.05, 0) is 49.0 Å². The molecule has 7 nitrogen and oxygen atoms in total. The predicted molar refractivity (Wildman–Crippen MR) is 96.8 cm³/mol. The van der Waals surface area contributed by atoms with Crippen molar-refractivity contribution in [2.24, 2.45) is 11.3 Å². The Morgan fingerprint density at radius 3 is 2.46 bits per heavy atom. The first-order valence-electron chi connectivity index (χ1n) is 9.06. The molecule has 3 heterocycles. The van der Waals surface area contributed by atoms with Gasteiger partial charge in [0.1, 0.15) is 10.9 Å². The third-order valence-electron chi connectivity index (χ3n) is 6.01. The molecule has 3 N–H and O–H groups in total. The van der Waals surface area contributed by atoms with Crippen molar-refractivity contribution in [3.8, 4) is 0 Å². The van der Waals surface area contributed by atoms with Crippen LogP contribution in [0.25, 0.3) is 0 Å². The SMILES string of the molecule is Nc1ccsc1C(=O)N1CC2(CCN(C(=O)C3CC3)CC2)C[C@H]1C(=O)O. The van der Waals surface area contributed by atoms with Gasteiger partial charge >= 0.3 is 5.97 Å². The first kappa shape index (κ1) is 17.3. The fraction of sp³-hybridized carbons (Fsp3) is 0.611. The van der Waals surface area contributed by atoms with Crippen LogP contribution in [0.4, 0.5) is 5.69 Å². The van der Waals surface area contributed by atoms with Crippen LogP contribution < -0.4 is 5.73 Å². The third kappa shape index (κ3) is 2.96. The smallest absolute Gasteiger partial charge is 0.326 e. The molecule has 1 aromatic heterocycles. The van der Waals surface area contributed by atoms with Crippen molar-refractivity contribution in [3.05, 3.63) is 16.3 Å². The molecule has 1 spiro atoms. The van der Waals surface area contributed by atoms with Crippen LogP contribution in [-0.2, 0) is 9.59 Å². The second kappa shape index (κ2) is 6.26. The van der Waals surface area contributed by atoms with E-state index in [0.717, 1.165) is 25.7 Å². The quantitative estimate of drug-likeness (QED) is 0.833. The van der Waals surface area contributed by atoms with E-state index in [1.807, 2.05) is 4.90 Å². The molecule has 1 aliphatic carbocycles. The minimum atomic E-state index is -0.971. The van der Waals surface area contributed by atoms with E-state index in [1.54, 1.807) is 11.4 Å². The highest BCUT2D eigenvalue weighted by Gasteiger charge is 2.51. The lowest BCUT2D eigenvalue weighted by molar-refractivity contribution is -0.141. The predicted octanol–water partition coefficient (Wildman–Crippen LogP) is 1.65. The molecule has 4 rings (SSSR count). The maximum atomic E-state index is 12.9. The Bertz CT molecular complexity index is 749. The highest BCUT2D eigenvalue weighted by Crippen LogP contribution is 2.45. The van der Waals surface area contributed by atoms with E-state index in [1.165, 1.54) is 16.2 Å². The Hall–Kier alpha value is -2.09. The lowest BCUT2D eigenvalue weighted by Crippen LogP contribution is -2.45. The second-order valence-corrected chi connectivity index (χ2v) is 8.71. The van der Waals surface area contributed by atoms with E-state index in [9.17, 15) is 19.5 Å². The first-order valence-corrected chi connectivity index (χ1v) is 9.94. The molecule has 140 valence electrons. The van der Waals surface area contributed by atoms with E-state index < -0.39 is 12.0 Å². The van der Waals surface area contributed by atoms with Gasteiger partial charge < -0.3 is 20.6 Å². The summed E-state index contributed by atoms with van der Waals surface area (Å²) in [6.07, 6.45) is 3.93. The molecule has 0 bridgehead atoms. The molecule has 1 saturated carbocycles. The van der Waals surface area contributed by atoms with Crippen LogP contribution >= 0.6 is 11.3 Å². The van der Waals surface area contributed by atoms with Crippen LogP contribution in [-0.4, -0.2) is 58.4 Å². The lowest BCUT2D eigenvalue weighted by atomic mass is 9.76. The molecule has 0 aromatic carbocycles. The van der Waals surface area contributed by atoms with Crippen molar-refractivity contribution >= 4 is 34.8 Å². The summed E-state index contributed by atoms with van der Waals surface area (Å²) in [6.45, 7) is 1.74. The van der Waals surface area contributed by atoms with Crippen LogP contribution in [0, 0.1) is 11.3 Å². The van der Waals surface area contributed by atoms with E-state index >= 15 is 0 Å². The van der Waals surface area contributed by atoms with Crippen molar-refractivity contribution in [2.45, 2.75) is 38.1 Å². The Labute approximate surface area is 155 Å². The highest BCUT2D eigenvalue weighted by atomic mass is 32.1. The zero-order valence-corrected chi connectivity index (χ0v) is 15.3. The number of rotatable bonds is 3. The van der Waals surface area contributed by atoms with Crippen molar-refractivity contribution in [3.63, 3.8) is 0 Å². The van der Waals surface area contributed by atoms with E-state index in [0.29, 0.717) is 36.6 Å². The van der Waals surface area contributed by atoms with Crippen LogP contribution in [0.1, 0.15) is 41.8 Å². The second-order valence-electron chi connectivity index (χ2n) is 7.80. The maximum Gasteiger partial charge on any atom is 0.326 e. The maximum absolute atomic E-state index is 12.9. The summed E-state index contributed by atoms with van der Waals surface area (Å²) in [5.74, 6) is -0.814. The topological polar surface area (TPSA) is 104 Å². The molecule has 26 heavy (non-hydrogen) atoms. The number of nitrogens with zero attached hydrogens (tertiary/aromatic N) is 2. The Morgan fingerprint density at radius 2 is 1.92 bits per heavy atom. The van der Waals surface area contributed by atoms with Crippen molar-refractivity contribution < 1.29 is 19.5 Å². The number of thiophene rings is 1. The normalized spacial score (nSPS) is 24.8. The molecule has 2 aliphatic heterocycles. The Morgan fingerprint density at radius 1 is 1.23 bits per heavy atom. The summed E-state index contributed by atoms with van der Waals surface area (Å²) < 4.78 is 0. The van der Waals surface area contributed by atoms with Crippen molar-refractivity contribution in [1.29, 1.82) is 0 Å². The number of carboxylic acids is 1. The van der Waals surface area contributed by atoms with Crippen LogP contribution in [0.15, 0.2) is 11.4 Å². The van der Waals surface area contributed by atoms with Gasteiger partial charge in [0.25, 0.3) is 5.91 Å². The zero-order chi connectivity index (χ0) is 18.5. The van der Waals surface area contributed by atoms with Crippen LogP contribution in [0.3, 0.4) is 0 Å². The minimum Gasteiger partial charge on any atom is -0.480 e. The molecular formula is C18H23N3O4S. The molecule has 0 radical (unpaired) electrons. The van der Waals surface area contributed by atoms with Gasteiger partial charge in [0.15, 0.2) is 0 Å². The third-order valence-corrected chi connectivity index (χ3v) is 6.92. The van der Waals surface area contributed by atoms with Crippen LogP contribution in [0.5, 0.6) is 0 Å². The number of hydrogen-bond donors (Lipinski definition) is 2. The molecule has 1 atom stereocenters. The van der Waals surface area contributed by atoms with Crippen LogP contribution in [0.2, 0.25) is 0 Å².